The molecule has 0 heterocycles. The van der Waals surface area contributed by atoms with Crippen LogP contribution >= 0.6 is 0 Å². The van der Waals surface area contributed by atoms with Gasteiger partial charge in [-0.1, -0.05) is 0 Å². The monoisotopic (exact) mass is 202 g/mol. The second-order valence-electron chi connectivity index (χ2n) is 2.55. The van der Waals surface area contributed by atoms with Gasteiger partial charge >= 0.3 is 12.0 Å². The van der Waals surface area contributed by atoms with Gasteiger partial charge in [0.25, 0.3) is 0 Å². The minimum atomic E-state index is -0.432. The maximum atomic E-state index is 11.0. The third-order valence-corrected chi connectivity index (χ3v) is 1.51. The Bertz CT molecular complexity index is 205. The predicted octanol–water partition coefficient (Wildman–Crippen LogP) is -0.562. The first-order chi connectivity index (χ1) is 6.60. The summed E-state index contributed by atoms with van der Waals surface area (Å²) in [5.41, 5.74) is 0. The Morgan fingerprint density at radius 1 is 1.21 bits per heavy atom. The molecular weight excluding hydrogens is 188 g/mol. The zero-order chi connectivity index (χ0) is 11.0. The van der Waals surface area contributed by atoms with Crippen LogP contribution in [0.2, 0.25) is 0 Å². The van der Waals surface area contributed by atoms with Crippen LogP contribution in [0.25, 0.3) is 0 Å². The summed E-state index contributed by atoms with van der Waals surface area (Å²) in [6.07, 6.45) is 0.126. The minimum absolute atomic E-state index is 0.0464. The van der Waals surface area contributed by atoms with E-state index in [2.05, 4.69) is 15.4 Å². The summed E-state index contributed by atoms with van der Waals surface area (Å²) in [7, 11) is 2.71. The highest BCUT2D eigenvalue weighted by molar-refractivity contribution is 5.87. The molecule has 80 valence electrons. The molecule has 2 amide bonds. The highest BCUT2D eigenvalue weighted by Crippen LogP contribution is 1.92. The molecule has 0 aliphatic rings. The van der Waals surface area contributed by atoms with Crippen LogP contribution in [0.15, 0.2) is 0 Å². The van der Waals surface area contributed by atoms with Gasteiger partial charge in [-0.2, -0.15) is 0 Å². The molecule has 14 heavy (non-hydrogen) atoms. The average Bonchev–Trinajstić information content (AvgIpc) is 2.22. The van der Waals surface area contributed by atoms with E-state index in [-0.39, 0.29) is 25.2 Å². The zero-order valence-electron chi connectivity index (χ0n) is 8.25. The van der Waals surface area contributed by atoms with Crippen molar-refractivity contribution in [1.29, 1.82) is 0 Å². The topological polar surface area (TPSA) is 84.5 Å². The highest BCUT2D eigenvalue weighted by atomic mass is 16.5. The fraction of sp³-hybridized carbons (Fsp3) is 0.625. The number of hydrogen-bond acceptors (Lipinski definition) is 4. The van der Waals surface area contributed by atoms with E-state index in [4.69, 9.17) is 0 Å². The molecule has 0 saturated carbocycles. The lowest BCUT2D eigenvalue weighted by atomic mass is 10.2. The van der Waals surface area contributed by atoms with E-state index in [1.54, 1.807) is 0 Å². The van der Waals surface area contributed by atoms with E-state index >= 15 is 0 Å². The Hall–Kier alpha value is -1.59. The number of ketones is 1. The minimum Gasteiger partial charge on any atom is -0.469 e. The zero-order valence-corrected chi connectivity index (χ0v) is 8.25. The molecule has 0 spiro atoms. The summed E-state index contributed by atoms with van der Waals surface area (Å²) >= 11 is 0. The van der Waals surface area contributed by atoms with Gasteiger partial charge in [-0.15, -0.1) is 0 Å². The fourth-order valence-corrected chi connectivity index (χ4v) is 0.699. The summed E-state index contributed by atoms with van der Waals surface area (Å²) in [4.78, 5) is 32.3. The first-order valence-corrected chi connectivity index (χ1v) is 4.14. The molecule has 2 N–H and O–H groups in total. The van der Waals surface area contributed by atoms with Crippen LogP contribution in [0.5, 0.6) is 0 Å². The van der Waals surface area contributed by atoms with Crippen LogP contribution in [0.3, 0.4) is 0 Å². The number of esters is 1. The molecule has 0 aliphatic heterocycles. The lowest BCUT2D eigenvalue weighted by Crippen LogP contribution is -2.36. The molecule has 0 aromatic carbocycles. The number of nitrogens with one attached hydrogen (secondary N) is 2. The largest absolute Gasteiger partial charge is 0.469 e. The Balaban J connectivity index is 3.56. The first-order valence-electron chi connectivity index (χ1n) is 4.14. The van der Waals surface area contributed by atoms with Crippen LogP contribution in [0.4, 0.5) is 4.79 Å². The van der Waals surface area contributed by atoms with Crippen LogP contribution < -0.4 is 10.6 Å². The van der Waals surface area contributed by atoms with Gasteiger partial charge in [0.15, 0.2) is 5.78 Å². The fourth-order valence-electron chi connectivity index (χ4n) is 0.699. The second kappa shape index (κ2) is 6.88. The molecule has 0 aromatic heterocycles. The number of rotatable bonds is 5. The lowest BCUT2D eigenvalue weighted by molar-refractivity contribution is -0.141. The van der Waals surface area contributed by atoms with Crippen molar-refractivity contribution in [1.82, 2.24) is 10.6 Å². The van der Waals surface area contributed by atoms with Crippen molar-refractivity contribution >= 4 is 17.8 Å². The van der Waals surface area contributed by atoms with Crippen molar-refractivity contribution in [3.05, 3.63) is 0 Å². The molecule has 0 rings (SSSR count). The van der Waals surface area contributed by atoms with E-state index in [9.17, 15) is 14.4 Å². The quantitative estimate of drug-likeness (QED) is 0.585. The molecule has 0 aromatic rings. The maximum Gasteiger partial charge on any atom is 0.314 e. The van der Waals surface area contributed by atoms with Gasteiger partial charge in [0, 0.05) is 13.5 Å². The van der Waals surface area contributed by atoms with Gasteiger partial charge in [0.2, 0.25) is 0 Å². The molecule has 6 heteroatoms. The molecule has 0 radical (unpaired) electrons. The first kappa shape index (κ1) is 12.4. The number of methoxy groups -OCH3 is 1. The molecular formula is C8H14N2O4. The van der Waals surface area contributed by atoms with E-state index in [0.717, 1.165) is 0 Å². The average molecular weight is 202 g/mol. The normalized spacial score (nSPS) is 9.00. The van der Waals surface area contributed by atoms with E-state index < -0.39 is 12.0 Å². The summed E-state index contributed by atoms with van der Waals surface area (Å²) in [6, 6.07) is -0.420. The smallest absolute Gasteiger partial charge is 0.314 e. The van der Waals surface area contributed by atoms with E-state index in [0.29, 0.717) is 0 Å². The molecule has 0 fully saturated rings. The standard InChI is InChI=1S/C8H14N2O4/c1-9-8(13)10-5-6(11)3-4-7(12)14-2/h3-5H2,1-2H3,(H2,9,10,13). The van der Waals surface area contributed by atoms with Crippen molar-refractivity contribution in [3.8, 4) is 0 Å². The number of hydrogen-bond donors (Lipinski definition) is 2. The molecule has 0 atom stereocenters. The van der Waals surface area contributed by atoms with Gasteiger partial charge in [-0.25, -0.2) is 4.79 Å². The third-order valence-electron chi connectivity index (χ3n) is 1.51. The van der Waals surface area contributed by atoms with Gasteiger partial charge in [-0.05, 0) is 0 Å². The Kier molecular flexibility index (Phi) is 6.09. The molecule has 0 bridgehead atoms. The van der Waals surface area contributed by atoms with Gasteiger partial charge < -0.3 is 15.4 Å². The Labute approximate surface area is 82.0 Å². The number of amides is 2. The summed E-state index contributed by atoms with van der Waals surface area (Å²) in [6.45, 7) is -0.0728. The Morgan fingerprint density at radius 3 is 2.36 bits per heavy atom. The molecule has 0 aliphatic carbocycles. The number of carbonyl (C=O) groups is 3. The van der Waals surface area contributed by atoms with Crippen molar-refractivity contribution in [2.24, 2.45) is 0 Å². The maximum absolute atomic E-state index is 11.0. The highest BCUT2D eigenvalue weighted by Gasteiger charge is 2.07. The summed E-state index contributed by atoms with van der Waals surface area (Å²) in [5, 5.41) is 4.62. The van der Waals surface area contributed by atoms with Crippen molar-refractivity contribution in [2.75, 3.05) is 20.7 Å². The summed E-state index contributed by atoms with van der Waals surface area (Å²) in [5.74, 6) is -0.641. The third kappa shape index (κ3) is 5.99. The van der Waals surface area contributed by atoms with Crippen LogP contribution in [0.1, 0.15) is 12.8 Å². The predicted molar refractivity (Wildman–Crippen MR) is 48.7 cm³/mol. The van der Waals surface area contributed by atoms with E-state index in [1.807, 2.05) is 0 Å². The number of urea groups is 1. The SMILES string of the molecule is CNC(=O)NCC(=O)CCC(=O)OC. The summed E-state index contributed by atoms with van der Waals surface area (Å²) < 4.78 is 4.36. The van der Waals surface area contributed by atoms with Crippen molar-refractivity contribution in [2.45, 2.75) is 12.8 Å². The molecule has 0 unspecified atom stereocenters. The van der Waals surface area contributed by atoms with E-state index in [1.165, 1.54) is 14.2 Å². The molecule has 0 saturated heterocycles. The van der Waals surface area contributed by atoms with Crippen LogP contribution in [-0.2, 0) is 14.3 Å². The van der Waals surface area contributed by atoms with Crippen molar-refractivity contribution < 1.29 is 19.1 Å². The van der Waals surface area contributed by atoms with Crippen LogP contribution in [0, 0.1) is 0 Å². The van der Waals surface area contributed by atoms with Gasteiger partial charge in [0.1, 0.15) is 0 Å². The Morgan fingerprint density at radius 2 is 1.86 bits per heavy atom. The van der Waals surface area contributed by atoms with Crippen LogP contribution in [-0.4, -0.2) is 38.5 Å². The second-order valence-corrected chi connectivity index (χ2v) is 2.55. The van der Waals surface area contributed by atoms with Crippen molar-refractivity contribution in [3.63, 3.8) is 0 Å². The lowest BCUT2D eigenvalue weighted by Gasteiger charge is -2.02. The van der Waals surface area contributed by atoms with Gasteiger partial charge in [0.05, 0.1) is 20.1 Å². The number of Topliss-reactive ketones (excluding diaryl/α,β-unsaturated/α-hetero) is 1. The molecule has 6 nitrogen and oxygen atoms in total. The number of ether oxygens (including phenoxy) is 1. The van der Waals surface area contributed by atoms with Gasteiger partial charge in [-0.3, -0.25) is 9.59 Å². The number of carbonyl (C=O) groups excluding carboxylic acids is 3.